The highest BCUT2D eigenvalue weighted by Gasteiger charge is 2.59. The second-order valence-corrected chi connectivity index (χ2v) is 10.3. The Morgan fingerprint density at radius 2 is 2.04 bits per heavy atom. The summed E-state index contributed by atoms with van der Waals surface area (Å²) in [4.78, 5) is 23.1. The van der Waals surface area contributed by atoms with E-state index in [0.29, 0.717) is 49.5 Å². The molecule has 3 fully saturated rings. The Labute approximate surface area is 162 Å². The molecule has 4 heterocycles. The van der Waals surface area contributed by atoms with Crippen molar-refractivity contribution in [1.82, 2.24) is 28.9 Å². The molecule has 0 aromatic carbocycles. The molecule has 150 valence electrons. The number of aromatic nitrogens is 4. The smallest absolute Gasteiger partial charge is 0.274 e. The molecule has 2 aromatic rings. The summed E-state index contributed by atoms with van der Waals surface area (Å²) in [5.74, 6) is 1.20. The van der Waals surface area contributed by atoms with Gasteiger partial charge < -0.3 is 14.0 Å². The standard InChI is InChI=1S/C17H22N6O4S/c1-21-6-13(18-10-21)16(24)22-7-17(8-22)9-23(28(2,25)26)5-12(17)15-19-14(20-27-15)11-3-4-11/h6,10-12H,3-5,7-9H2,1-2H3. The molecule has 3 aliphatic rings. The molecule has 5 rings (SSSR count). The molecule has 1 saturated carbocycles. The molecule has 1 unspecified atom stereocenters. The van der Waals surface area contributed by atoms with E-state index in [1.807, 2.05) is 7.05 Å². The Hall–Kier alpha value is -2.27. The summed E-state index contributed by atoms with van der Waals surface area (Å²) in [6.45, 7) is 1.54. The number of carbonyl (C=O) groups excluding carboxylic acids is 1. The summed E-state index contributed by atoms with van der Waals surface area (Å²) in [6.07, 6.45) is 6.61. The van der Waals surface area contributed by atoms with E-state index in [1.54, 1.807) is 22.0 Å². The third kappa shape index (κ3) is 2.84. The maximum Gasteiger partial charge on any atom is 0.274 e. The van der Waals surface area contributed by atoms with Gasteiger partial charge in [0.25, 0.3) is 5.91 Å². The van der Waals surface area contributed by atoms with Crippen molar-refractivity contribution in [1.29, 1.82) is 0 Å². The van der Waals surface area contributed by atoms with E-state index >= 15 is 0 Å². The first-order chi connectivity index (χ1) is 13.2. The van der Waals surface area contributed by atoms with Gasteiger partial charge in [0.05, 0.1) is 18.5 Å². The van der Waals surface area contributed by atoms with Crippen molar-refractivity contribution in [2.24, 2.45) is 12.5 Å². The van der Waals surface area contributed by atoms with Crippen molar-refractivity contribution in [3.8, 4) is 0 Å². The van der Waals surface area contributed by atoms with E-state index in [9.17, 15) is 13.2 Å². The van der Waals surface area contributed by atoms with Crippen LogP contribution in [0.25, 0.3) is 0 Å². The summed E-state index contributed by atoms with van der Waals surface area (Å²) in [6, 6.07) is 0. The van der Waals surface area contributed by atoms with Crippen molar-refractivity contribution in [3.63, 3.8) is 0 Å². The third-order valence-electron chi connectivity index (χ3n) is 6.01. The average molecular weight is 406 g/mol. The van der Waals surface area contributed by atoms with Crippen LogP contribution in [0, 0.1) is 5.41 Å². The van der Waals surface area contributed by atoms with Crippen molar-refractivity contribution in [3.05, 3.63) is 29.9 Å². The minimum Gasteiger partial charge on any atom is -0.340 e. The number of likely N-dealkylation sites (tertiary alicyclic amines) is 1. The van der Waals surface area contributed by atoms with E-state index in [2.05, 4.69) is 15.1 Å². The summed E-state index contributed by atoms with van der Waals surface area (Å²) >= 11 is 0. The van der Waals surface area contributed by atoms with Crippen LogP contribution in [0.15, 0.2) is 17.0 Å². The molecular weight excluding hydrogens is 384 g/mol. The molecule has 2 saturated heterocycles. The largest absolute Gasteiger partial charge is 0.340 e. The molecule has 0 N–H and O–H groups in total. The third-order valence-corrected chi connectivity index (χ3v) is 7.22. The Bertz CT molecular complexity index is 1030. The van der Waals surface area contributed by atoms with Crippen molar-refractivity contribution in [2.45, 2.75) is 24.7 Å². The zero-order valence-electron chi connectivity index (χ0n) is 15.8. The number of hydrogen-bond donors (Lipinski definition) is 0. The van der Waals surface area contributed by atoms with Crippen LogP contribution in [-0.4, -0.2) is 75.7 Å². The highest BCUT2D eigenvalue weighted by molar-refractivity contribution is 7.88. The predicted molar refractivity (Wildman–Crippen MR) is 97.0 cm³/mol. The van der Waals surface area contributed by atoms with Crippen LogP contribution in [0.1, 0.15) is 46.9 Å². The first kappa shape index (κ1) is 17.8. The molecular formula is C17H22N6O4S. The lowest BCUT2D eigenvalue weighted by Crippen LogP contribution is -2.61. The minimum absolute atomic E-state index is 0.146. The van der Waals surface area contributed by atoms with Gasteiger partial charge in [0.2, 0.25) is 15.9 Å². The summed E-state index contributed by atoms with van der Waals surface area (Å²) in [7, 11) is -1.54. The second-order valence-electron chi connectivity index (χ2n) is 8.32. The fourth-order valence-corrected chi connectivity index (χ4v) is 5.19. The zero-order valence-corrected chi connectivity index (χ0v) is 16.6. The fraction of sp³-hybridized carbons (Fsp3) is 0.647. The van der Waals surface area contributed by atoms with Crippen LogP contribution in [0.5, 0.6) is 0 Å². The van der Waals surface area contributed by atoms with Gasteiger partial charge in [-0.25, -0.2) is 17.7 Å². The second kappa shape index (κ2) is 5.86. The molecule has 28 heavy (non-hydrogen) atoms. The highest BCUT2D eigenvalue weighted by atomic mass is 32.2. The number of nitrogens with zero attached hydrogens (tertiary/aromatic N) is 6. The van der Waals surface area contributed by atoms with Gasteiger partial charge in [-0.3, -0.25) is 4.79 Å². The molecule has 1 spiro atoms. The lowest BCUT2D eigenvalue weighted by Gasteiger charge is -2.49. The quantitative estimate of drug-likeness (QED) is 0.711. The van der Waals surface area contributed by atoms with Gasteiger partial charge in [0.15, 0.2) is 5.82 Å². The molecule has 2 aromatic heterocycles. The number of sulfonamides is 1. The highest BCUT2D eigenvalue weighted by Crippen LogP contribution is 2.50. The Balaban J connectivity index is 1.40. The van der Waals surface area contributed by atoms with Gasteiger partial charge in [-0.05, 0) is 12.8 Å². The lowest BCUT2D eigenvalue weighted by atomic mass is 9.71. The Kier molecular flexibility index (Phi) is 3.73. The molecule has 10 nitrogen and oxygen atoms in total. The van der Waals surface area contributed by atoms with Crippen molar-refractivity contribution in [2.75, 3.05) is 32.4 Å². The van der Waals surface area contributed by atoms with Gasteiger partial charge in [-0.15, -0.1) is 0 Å². The number of amides is 1. The average Bonchev–Trinajstić information content (AvgIpc) is 3.03. The number of rotatable bonds is 4. The van der Waals surface area contributed by atoms with Crippen LogP contribution in [0.4, 0.5) is 0 Å². The maximum atomic E-state index is 12.7. The van der Waals surface area contributed by atoms with Crippen LogP contribution < -0.4 is 0 Å². The van der Waals surface area contributed by atoms with E-state index in [0.717, 1.165) is 12.8 Å². The fourth-order valence-electron chi connectivity index (χ4n) is 4.28. The summed E-state index contributed by atoms with van der Waals surface area (Å²) in [5, 5.41) is 4.09. The van der Waals surface area contributed by atoms with Gasteiger partial charge in [0, 0.05) is 50.8 Å². The first-order valence-electron chi connectivity index (χ1n) is 9.31. The Morgan fingerprint density at radius 3 is 2.64 bits per heavy atom. The van der Waals surface area contributed by atoms with E-state index in [-0.39, 0.29) is 11.8 Å². The molecule has 1 atom stereocenters. The van der Waals surface area contributed by atoms with E-state index in [4.69, 9.17) is 4.52 Å². The van der Waals surface area contributed by atoms with Crippen LogP contribution in [0.2, 0.25) is 0 Å². The van der Waals surface area contributed by atoms with E-state index in [1.165, 1.54) is 10.6 Å². The van der Waals surface area contributed by atoms with Crippen LogP contribution in [0.3, 0.4) is 0 Å². The molecule has 11 heteroatoms. The SMILES string of the molecule is Cn1cnc(C(=O)N2CC3(C2)CN(S(C)(=O)=O)CC3c2nc(C3CC3)no2)c1. The number of hydrogen-bond acceptors (Lipinski definition) is 7. The van der Waals surface area contributed by atoms with Crippen molar-refractivity contribution < 1.29 is 17.7 Å². The van der Waals surface area contributed by atoms with E-state index < -0.39 is 15.4 Å². The molecule has 2 aliphatic heterocycles. The molecule has 0 radical (unpaired) electrons. The van der Waals surface area contributed by atoms with Crippen LogP contribution in [-0.2, 0) is 17.1 Å². The predicted octanol–water partition coefficient (Wildman–Crippen LogP) is 0.182. The van der Waals surface area contributed by atoms with Gasteiger partial charge in [-0.1, -0.05) is 5.16 Å². The monoisotopic (exact) mass is 406 g/mol. The summed E-state index contributed by atoms with van der Waals surface area (Å²) in [5.41, 5.74) is -0.0124. The van der Waals surface area contributed by atoms with Gasteiger partial charge in [0.1, 0.15) is 5.69 Å². The van der Waals surface area contributed by atoms with Gasteiger partial charge in [-0.2, -0.15) is 4.98 Å². The molecule has 0 bridgehead atoms. The summed E-state index contributed by atoms with van der Waals surface area (Å²) < 4.78 is 33.0. The zero-order chi connectivity index (χ0) is 19.7. The number of aryl methyl sites for hydroxylation is 1. The topological polar surface area (TPSA) is 114 Å². The molecule has 1 amide bonds. The van der Waals surface area contributed by atoms with Crippen molar-refractivity contribution >= 4 is 15.9 Å². The molecule has 1 aliphatic carbocycles. The number of carbonyl (C=O) groups is 1. The normalized spacial score (nSPS) is 24.6. The first-order valence-corrected chi connectivity index (χ1v) is 11.2. The minimum atomic E-state index is -3.35. The number of imidazole rings is 1. The van der Waals surface area contributed by atoms with Gasteiger partial charge >= 0.3 is 0 Å². The maximum absolute atomic E-state index is 12.7. The van der Waals surface area contributed by atoms with Crippen LogP contribution >= 0.6 is 0 Å². The lowest BCUT2D eigenvalue weighted by molar-refractivity contribution is 0.000917. The Morgan fingerprint density at radius 1 is 1.29 bits per heavy atom.